The maximum atomic E-state index is 11.4. The molecule has 0 aromatic heterocycles. The highest BCUT2D eigenvalue weighted by atomic mass is 16.5. The Kier molecular flexibility index (Phi) is 6.80. The lowest BCUT2D eigenvalue weighted by Gasteiger charge is -2.12. The fraction of sp³-hybridized carbons (Fsp3) is 0.846. The molecule has 1 aliphatic heterocycles. The van der Waals surface area contributed by atoms with E-state index in [1.807, 2.05) is 0 Å². The van der Waals surface area contributed by atoms with Crippen LogP contribution in [-0.2, 0) is 14.3 Å². The van der Waals surface area contributed by atoms with Gasteiger partial charge in [0.25, 0.3) is 0 Å². The first-order valence-electron chi connectivity index (χ1n) is 6.84. The van der Waals surface area contributed by atoms with Crippen molar-refractivity contribution in [3.05, 3.63) is 0 Å². The summed E-state index contributed by atoms with van der Waals surface area (Å²) in [6.45, 7) is 5.98. The van der Waals surface area contributed by atoms with Crippen molar-refractivity contribution in [3.8, 4) is 0 Å². The lowest BCUT2D eigenvalue weighted by Crippen LogP contribution is -2.33. The molecule has 1 saturated heterocycles. The maximum absolute atomic E-state index is 11.4. The molecule has 0 aliphatic carbocycles. The van der Waals surface area contributed by atoms with Gasteiger partial charge in [0.2, 0.25) is 5.91 Å². The molecular weight excluding hydrogens is 248 g/mol. The van der Waals surface area contributed by atoms with E-state index in [0.717, 1.165) is 6.42 Å². The number of carbonyl (C=O) groups excluding carboxylic acids is 1. The van der Waals surface area contributed by atoms with Crippen LogP contribution in [0.25, 0.3) is 0 Å². The Labute approximate surface area is 113 Å². The summed E-state index contributed by atoms with van der Waals surface area (Å²) >= 11 is 0. The minimum Gasteiger partial charge on any atom is -0.479 e. The second-order valence-corrected chi connectivity index (χ2v) is 5.31. The van der Waals surface area contributed by atoms with Crippen molar-refractivity contribution >= 4 is 11.9 Å². The lowest BCUT2D eigenvalue weighted by molar-refractivity contribution is -0.149. The van der Waals surface area contributed by atoms with Crippen molar-refractivity contribution in [1.82, 2.24) is 10.6 Å². The third kappa shape index (κ3) is 6.54. The molecule has 1 rings (SSSR count). The Hall–Kier alpha value is -1.14. The Balaban J connectivity index is 2.02. The molecule has 0 radical (unpaired) electrons. The Bertz CT molecular complexity index is 307. The molecule has 19 heavy (non-hydrogen) atoms. The molecule has 2 atom stereocenters. The maximum Gasteiger partial charge on any atom is 0.332 e. The van der Waals surface area contributed by atoms with Gasteiger partial charge >= 0.3 is 5.97 Å². The predicted molar refractivity (Wildman–Crippen MR) is 70.9 cm³/mol. The highest BCUT2D eigenvalue weighted by Crippen LogP contribution is 2.19. The molecule has 0 bridgehead atoms. The highest BCUT2D eigenvalue weighted by molar-refractivity contribution is 5.76. The summed E-state index contributed by atoms with van der Waals surface area (Å²) in [5.74, 6) is -0.399. The molecule has 0 aromatic rings. The minimum absolute atomic E-state index is 0.0388. The van der Waals surface area contributed by atoms with Crippen LogP contribution in [0.2, 0.25) is 0 Å². The van der Waals surface area contributed by atoms with Crippen LogP contribution in [0.3, 0.4) is 0 Å². The van der Waals surface area contributed by atoms with Crippen molar-refractivity contribution < 1.29 is 19.4 Å². The monoisotopic (exact) mass is 272 g/mol. The first-order valence-corrected chi connectivity index (χ1v) is 6.84. The molecule has 1 aliphatic rings. The average Bonchev–Trinajstić information content (AvgIpc) is 2.81. The van der Waals surface area contributed by atoms with Crippen molar-refractivity contribution in [2.45, 2.75) is 45.3 Å². The molecule has 2 unspecified atom stereocenters. The molecule has 1 heterocycles. The van der Waals surface area contributed by atoms with Gasteiger partial charge in [0, 0.05) is 26.1 Å². The van der Waals surface area contributed by atoms with Crippen molar-refractivity contribution in [2.75, 3.05) is 19.6 Å². The number of hydrogen-bond donors (Lipinski definition) is 3. The number of aliphatic carboxylic acids is 1. The quantitative estimate of drug-likeness (QED) is 0.556. The summed E-state index contributed by atoms with van der Waals surface area (Å²) in [7, 11) is 0. The van der Waals surface area contributed by atoms with E-state index in [2.05, 4.69) is 24.5 Å². The van der Waals surface area contributed by atoms with Gasteiger partial charge in [0.15, 0.2) is 6.10 Å². The zero-order valence-electron chi connectivity index (χ0n) is 11.6. The number of ether oxygens (including phenoxy) is 1. The molecule has 6 heteroatoms. The average molecular weight is 272 g/mol. The number of hydrogen-bond acceptors (Lipinski definition) is 4. The number of rotatable bonds is 8. The predicted octanol–water partition coefficient (Wildman–Crippen LogP) is 0.371. The van der Waals surface area contributed by atoms with Crippen molar-refractivity contribution in [1.29, 1.82) is 0 Å². The smallest absolute Gasteiger partial charge is 0.332 e. The van der Waals surface area contributed by atoms with Gasteiger partial charge in [-0.3, -0.25) is 4.79 Å². The summed E-state index contributed by atoms with van der Waals surface area (Å²) in [6.07, 6.45) is 1.03. The van der Waals surface area contributed by atoms with Crippen LogP contribution >= 0.6 is 0 Å². The number of carboxylic acids is 1. The summed E-state index contributed by atoms with van der Waals surface area (Å²) < 4.78 is 5.35. The number of carboxylic acid groups (broad SMARTS) is 1. The van der Waals surface area contributed by atoms with Gasteiger partial charge in [-0.25, -0.2) is 4.79 Å². The van der Waals surface area contributed by atoms with Gasteiger partial charge in [-0.05, 0) is 18.8 Å². The molecule has 0 saturated carbocycles. The molecule has 6 nitrogen and oxygen atoms in total. The van der Waals surface area contributed by atoms with E-state index in [4.69, 9.17) is 9.84 Å². The first kappa shape index (κ1) is 15.9. The van der Waals surface area contributed by atoms with Crippen LogP contribution < -0.4 is 10.6 Å². The topological polar surface area (TPSA) is 87.7 Å². The van der Waals surface area contributed by atoms with Gasteiger partial charge in [-0.2, -0.15) is 0 Å². The van der Waals surface area contributed by atoms with Crippen LogP contribution in [0.15, 0.2) is 0 Å². The van der Waals surface area contributed by atoms with E-state index >= 15 is 0 Å². The SMILES string of the molecule is CC(C)CNC(=O)CCNCC1CCC(C(=O)O)O1. The van der Waals surface area contributed by atoms with E-state index in [1.54, 1.807) is 0 Å². The Morgan fingerprint density at radius 2 is 2.11 bits per heavy atom. The van der Waals surface area contributed by atoms with Gasteiger partial charge in [-0.15, -0.1) is 0 Å². The van der Waals surface area contributed by atoms with E-state index < -0.39 is 12.1 Å². The summed E-state index contributed by atoms with van der Waals surface area (Å²) in [5.41, 5.74) is 0. The van der Waals surface area contributed by atoms with Gasteiger partial charge in [0.1, 0.15) is 0 Å². The van der Waals surface area contributed by atoms with E-state index in [9.17, 15) is 9.59 Å². The molecule has 0 aromatic carbocycles. The molecule has 1 fully saturated rings. The summed E-state index contributed by atoms with van der Waals surface area (Å²) in [6, 6.07) is 0. The van der Waals surface area contributed by atoms with Crippen molar-refractivity contribution in [3.63, 3.8) is 0 Å². The zero-order valence-corrected chi connectivity index (χ0v) is 11.6. The first-order chi connectivity index (χ1) is 8.99. The van der Waals surface area contributed by atoms with E-state index in [0.29, 0.717) is 38.4 Å². The third-order valence-corrected chi connectivity index (χ3v) is 2.99. The fourth-order valence-electron chi connectivity index (χ4n) is 1.91. The lowest BCUT2D eigenvalue weighted by atomic mass is 10.2. The third-order valence-electron chi connectivity index (χ3n) is 2.99. The molecule has 3 N–H and O–H groups in total. The van der Waals surface area contributed by atoms with Crippen LogP contribution in [0.4, 0.5) is 0 Å². The fourth-order valence-corrected chi connectivity index (χ4v) is 1.91. The van der Waals surface area contributed by atoms with Crippen molar-refractivity contribution in [2.24, 2.45) is 5.92 Å². The number of nitrogens with one attached hydrogen (secondary N) is 2. The second-order valence-electron chi connectivity index (χ2n) is 5.31. The number of amides is 1. The largest absolute Gasteiger partial charge is 0.479 e. The van der Waals surface area contributed by atoms with Gasteiger partial charge in [-0.1, -0.05) is 13.8 Å². The highest BCUT2D eigenvalue weighted by Gasteiger charge is 2.29. The molecule has 0 spiro atoms. The summed E-state index contributed by atoms with van der Waals surface area (Å²) in [4.78, 5) is 22.1. The summed E-state index contributed by atoms with van der Waals surface area (Å²) in [5, 5.41) is 14.8. The van der Waals surface area contributed by atoms with Crippen LogP contribution in [0, 0.1) is 5.92 Å². The molecular formula is C13H24N2O4. The van der Waals surface area contributed by atoms with E-state index in [-0.39, 0.29) is 12.0 Å². The van der Waals surface area contributed by atoms with Gasteiger partial charge < -0.3 is 20.5 Å². The zero-order chi connectivity index (χ0) is 14.3. The Morgan fingerprint density at radius 1 is 1.37 bits per heavy atom. The van der Waals surface area contributed by atoms with Crippen LogP contribution in [-0.4, -0.2) is 48.8 Å². The van der Waals surface area contributed by atoms with E-state index in [1.165, 1.54) is 0 Å². The van der Waals surface area contributed by atoms with Crippen LogP contribution in [0.1, 0.15) is 33.1 Å². The molecule has 110 valence electrons. The molecule has 1 amide bonds. The van der Waals surface area contributed by atoms with Gasteiger partial charge in [0.05, 0.1) is 6.10 Å². The normalized spacial score (nSPS) is 22.7. The standard InChI is InChI=1S/C13H24N2O4/c1-9(2)7-15-12(16)5-6-14-8-10-3-4-11(19-10)13(17)18/h9-11,14H,3-8H2,1-2H3,(H,15,16)(H,17,18). The number of carbonyl (C=O) groups is 2. The minimum atomic E-state index is -0.893. The van der Waals surface area contributed by atoms with Crippen LogP contribution in [0.5, 0.6) is 0 Å². The second kappa shape index (κ2) is 8.12. The Morgan fingerprint density at radius 3 is 2.68 bits per heavy atom.